The van der Waals surface area contributed by atoms with Crippen LogP contribution in [0.25, 0.3) is 0 Å². The van der Waals surface area contributed by atoms with Gasteiger partial charge in [-0.2, -0.15) is 15.0 Å². The van der Waals surface area contributed by atoms with Crippen LogP contribution in [-0.4, -0.2) is 44.8 Å². The number of aliphatic hydroxyl groups is 1. The van der Waals surface area contributed by atoms with Gasteiger partial charge >= 0.3 is 12.0 Å². The van der Waals surface area contributed by atoms with Crippen LogP contribution in [0.15, 0.2) is 24.3 Å². The average Bonchev–Trinajstić information content (AvgIpc) is 2.64. The third kappa shape index (κ3) is 8.30. The van der Waals surface area contributed by atoms with Gasteiger partial charge in [0.2, 0.25) is 11.9 Å². The first kappa shape index (κ1) is 22.4. The van der Waals surface area contributed by atoms with Crippen molar-refractivity contribution in [2.45, 2.75) is 52.7 Å². The fourth-order valence-corrected chi connectivity index (χ4v) is 2.39. The number of nitrogens with one attached hydrogen (secondary N) is 2. The van der Waals surface area contributed by atoms with Gasteiger partial charge in [-0.3, -0.25) is 4.79 Å². The zero-order valence-corrected chi connectivity index (χ0v) is 17.4. The summed E-state index contributed by atoms with van der Waals surface area (Å²) in [5.74, 6) is 0.415. The van der Waals surface area contributed by atoms with E-state index in [4.69, 9.17) is 9.47 Å². The highest BCUT2D eigenvalue weighted by Crippen LogP contribution is 2.18. The number of rotatable bonds is 10. The third-order valence-electron chi connectivity index (χ3n) is 3.51. The van der Waals surface area contributed by atoms with Crippen LogP contribution < -0.4 is 15.4 Å². The average molecular weight is 403 g/mol. The molecule has 9 nitrogen and oxygen atoms in total. The van der Waals surface area contributed by atoms with Gasteiger partial charge in [0.25, 0.3) is 0 Å². The van der Waals surface area contributed by atoms with Crippen molar-refractivity contribution in [3.8, 4) is 6.01 Å². The number of anilines is 3. The highest BCUT2D eigenvalue weighted by Gasteiger charge is 2.15. The number of aliphatic hydroxyl groups excluding tert-OH is 1. The second-order valence-corrected chi connectivity index (χ2v) is 7.30. The Hall–Kier alpha value is -2.94. The fraction of sp³-hybridized carbons (Fsp3) is 0.500. The van der Waals surface area contributed by atoms with Gasteiger partial charge in [-0.05, 0) is 51.8 Å². The van der Waals surface area contributed by atoms with Crippen molar-refractivity contribution in [2.24, 2.45) is 0 Å². The molecule has 0 aliphatic carbocycles. The molecular weight excluding hydrogens is 374 g/mol. The minimum atomic E-state index is -0.487. The third-order valence-corrected chi connectivity index (χ3v) is 3.51. The maximum absolute atomic E-state index is 11.8. The van der Waals surface area contributed by atoms with Gasteiger partial charge in [0, 0.05) is 18.7 Å². The summed E-state index contributed by atoms with van der Waals surface area (Å²) < 4.78 is 10.7. The topological polar surface area (TPSA) is 118 Å². The fourth-order valence-electron chi connectivity index (χ4n) is 2.39. The molecule has 2 rings (SSSR count). The molecule has 0 radical (unpaired) electrons. The number of hydrogen-bond acceptors (Lipinski definition) is 9. The van der Waals surface area contributed by atoms with Gasteiger partial charge in [-0.15, -0.1) is 0 Å². The number of carbonyl (C=O) groups excluding carboxylic acids is 1. The van der Waals surface area contributed by atoms with E-state index in [2.05, 4.69) is 25.6 Å². The van der Waals surface area contributed by atoms with E-state index in [-0.39, 0.29) is 18.6 Å². The standard InChI is InChI=1S/C20H29N5O4/c1-5-28-19-24-17(21-11-7-10-16(27)29-20(2,3)4)23-18(25-19)22-15-9-6-8-14(12-15)13-26/h6,8-9,12,26H,5,7,10-11,13H2,1-4H3,(H2,21,22,23,24,25). The Labute approximate surface area is 170 Å². The second kappa shape index (κ2) is 10.6. The Balaban J connectivity index is 1.99. The number of benzene rings is 1. The molecule has 0 saturated heterocycles. The molecule has 0 unspecified atom stereocenters. The molecule has 0 aliphatic rings. The van der Waals surface area contributed by atoms with Crippen LogP contribution in [0, 0.1) is 0 Å². The van der Waals surface area contributed by atoms with Crippen LogP contribution in [-0.2, 0) is 16.1 Å². The molecule has 0 amide bonds. The Bertz CT molecular complexity index is 808. The number of aromatic nitrogens is 3. The van der Waals surface area contributed by atoms with Crippen molar-refractivity contribution in [3.05, 3.63) is 29.8 Å². The zero-order chi connectivity index (χ0) is 21.3. The van der Waals surface area contributed by atoms with Crippen LogP contribution in [0.1, 0.15) is 46.1 Å². The van der Waals surface area contributed by atoms with Crippen molar-refractivity contribution in [3.63, 3.8) is 0 Å². The molecule has 9 heteroatoms. The molecule has 3 N–H and O–H groups in total. The van der Waals surface area contributed by atoms with Crippen LogP contribution in [0.5, 0.6) is 6.01 Å². The molecule has 0 spiro atoms. The lowest BCUT2D eigenvalue weighted by Crippen LogP contribution is -2.24. The van der Waals surface area contributed by atoms with Gasteiger partial charge in [0.15, 0.2) is 0 Å². The number of ether oxygens (including phenoxy) is 2. The Morgan fingerprint density at radius 1 is 1.17 bits per heavy atom. The van der Waals surface area contributed by atoms with Gasteiger partial charge in [-0.1, -0.05) is 12.1 Å². The minimum absolute atomic E-state index is 0.0542. The normalized spacial score (nSPS) is 11.1. The van der Waals surface area contributed by atoms with E-state index in [1.165, 1.54) is 0 Å². The van der Waals surface area contributed by atoms with Crippen LogP contribution in [0.3, 0.4) is 0 Å². The lowest BCUT2D eigenvalue weighted by Gasteiger charge is -2.19. The van der Waals surface area contributed by atoms with Gasteiger partial charge in [0.1, 0.15) is 5.60 Å². The summed E-state index contributed by atoms with van der Waals surface area (Å²) in [6, 6.07) is 7.49. The number of esters is 1. The van der Waals surface area contributed by atoms with E-state index in [1.807, 2.05) is 45.9 Å². The maximum Gasteiger partial charge on any atom is 0.323 e. The van der Waals surface area contributed by atoms with E-state index in [9.17, 15) is 9.90 Å². The molecule has 2 aromatic rings. The molecule has 0 atom stereocenters. The number of carbonyl (C=O) groups is 1. The summed E-state index contributed by atoms with van der Waals surface area (Å²) in [5.41, 5.74) is 1.02. The SMILES string of the molecule is CCOc1nc(NCCCC(=O)OC(C)(C)C)nc(Nc2cccc(CO)c2)n1. The zero-order valence-electron chi connectivity index (χ0n) is 17.4. The predicted octanol–water partition coefficient (Wildman–Crippen LogP) is 3.04. The molecular formula is C20H29N5O4. The summed E-state index contributed by atoms with van der Waals surface area (Å²) in [6.07, 6.45) is 0.874. The van der Waals surface area contributed by atoms with E-state index >= 15 is 0 Å². The van der Waals surface area contributed by atoms with E-state index in [0.29, 0.717) is 37.9 Å². The summed E-state index contributed by atoms with van der Waals surface area (Å²) >= 11 is 0. The van der Waals surface area contributed by atoms with Crippen LogP contribution in [0.2, 0.25) is 0 Å². The summed E-state index contributed by atoms with van der Waals surface area (Å²) in [6.45, 7) is 8.22. The molecule has 0 saturated carbocycles. The Morgan fingerprint density at radius 3 is 2.62 bits per heavy atom. The van der Waals surface area contributed by atoms with Crippen molar-refractivity contribution >= 4 is 23.6 Å². The monoisotopic (exact) mass is 403 g/mol. The smallest absolute Gasteiger partial charge is 0.323 e. The first-order chi connectivity index (χ1) is 13.8. The first-order valence-electron chi connectivity index (χ1n) is 9.60. The molecule has 29 heavy (non-hydrogen) atoms. The first-order valence-corrected chi connectivity index (χ1v) is 9.60. The van der Waals surface area contributed by atoms with Crippen molar-refractivity contribution in [1.82, 2.24) is 15.0 Å². The number of hydrogen-bond donors (Lipinski definition) is 3. The molecule has 158 valence electrons. The van der Waals surface area contributed by atoms with E-state index in [0.717, 1.165) is 11.3 Å². The van der Waals surface area contributed by atoms with E-state index in [1.54, 1.807) is 6.07 Å². The molecule has 0 aliphatic heterocycles. The summed E-state index contributed by atoms with van der Waals surface area (Å²) in [4.78, 5) is 24.6. The predicted molar refractivity (Wildman–Crippen MR) is 110 cm³/mol. The summed E-state index contributed by atoms with van der Waals surface area (Å²) in [5, 5.41) is 15.4. The van der Waals surface area contributed by atoms with Gasteiger partial charge in [-0.25, -0.2) is 0 Å². The van der Waals surface area contributed by atoms with Crippen LogP contribution in [0.4, 0.5) is 17.6 Å². The molecule has 0 fully saturated rings. The van der Waals surface area contributed by atoms with Crippen molar-refractivity contribution in [1.29, 1.82) is 0 Å². The largest absolute Gasteiger partial charge is 0.464 e. The minimum Gasteiger partial charge on any atom is -0.464 e. The molecule has 0 bridgehead atoms. The lowest BCUT2D eigenvalue weighted by molar-refractivity contribution is -0.154. The Morgan fingerprint density at radius 2 is 1.93 bits per heavy atom. The molecule has 1 heterocycles. The molecule has 1 aromatic carbocycles. The highest BCUT2D eigenvalue weighted by atomic mass is 16.6. The van der Waals surface area contributed by atoms with Gasteiger partial charge in [0.05, 0.1) is 13.2 Å². The maximum atomic E-state index is 11.8. The lowest BCUT2D eigenvalue weighted by atomic mass is 10.2. The molecule has 1 aromatic heterocycles. The summed E-state index contributed by atoms with van der Waals surface area (Å²) in [7, 11) is 0. The quantitative estimate of drug-likeness (QED) is 0.406. The highest BCUT2D eigenvalue weighted by molar-refractivity contribution is 5.69. The van der Waals surface area contributed by atoms with Crippen molar-refractivity contribution < 1.29 is 19.4 Å². The number of nitrogens with zero attached hydrogens (tertiary/aromatic N) is 3. The Kier molecular flexibility index (Phi) is 8.14. The van der Waals surface area contributed by atoms with E-state index < -0.39 is 5.60 Å². The van der Waals surface area contributed by atoms with Crippen LogP contribution >= 0.6 is 0 Å². The van der Waals surface area contributed by atoms with Crippen molar-refractivity contribution in [2.75, 3.05) is 23.8 Å². The second-order valence-electron chi connectivity index (χ2n) is 7.30. The van der Waals surface area contributed by atoms with Gasteiger partial charge < -0.3 is 25.2 Å².